The maximum Gasteiger partial charge on any atom is 0.308 e. The van der Waals surface area contributed by atoms with Crippen LogP contribution in [0.4, 0.5) is 0 Å². The van der Waals surface area contributed by atoms with Crippen molar-refractivity contribution in [1.82, 2.24) is 5.32 Å². The minimum Gasteiger partial charge on any atom is -0.494 e. The van der Waals surface area contributed by atoms with Crippen LogP contribution >= 0.6 is 0 Å². The third-order valence-corrected chi connectivity index (χ3v) is 4.56. The quantitative estimate of drug-likeness (QED) is 0.727. The van der Waals surface area contributed by atoms with Gasteiger partial charge >= 0.3 is 5.97 Å². The molecular formula is C20H29NO4. The average molecular weight is 347 g/mol. The van der Waals surface area contributed by atoms with Crippen molar-refractivity contribution in [2.75, 3.05) is 13.2 Å². The predicted octanol–water partition coefficient (Wildman–Crippen LogP) is 3.78. The highest BCUT2D eigenvalue weighted by Crippen LogP contribution is 2.26. The number of hydrogen-bond donors (Lipinski definition) is 1. The summed E-state index contributed by atoms with van der Waals surface area (Å²) >= 11 is 0. The van der Waals surface area contributed by atoms with Crippen molar-refractivity contribution in [3.05, 3.63) is 29.8 Å². The van der Waals surface area contributed by atoms with Gasteiger partial charge in [0.1, 0.15) is 5.75 Å². The smallest absolute Gasteiger partial charge is 0.308 e. The Morgan fingerprint density at radius 1 is 1.08 bits per heavy atom. The number of amides is 1. The molecule has 0 unspecified atom stereocenters. The number of benzene rings is 1. The van der Waals surface area contributed by atoms with Gasteiger partial charge in [0.2, 0.25) is 5.91 Å². The molecule has 2 rings (SSSR count). The Morgan fingerprint density at radius 3 is 2.36 bits per heavy atom. The van der Waals surface area contributed by atoms with Crippen LogP contribution in [-0.4, -0.2) is 25.1 Å². The molecular weight excluding hydrogens is 318 g/mol. The van der Waals surface area contributed by atoms with E-state index in [4.69, 9.17) is 9.47 Å². The summed E-state index contributed by atoms with van der Waals surface area (Å²) in [6.07, 6.45) is 5.41. The molecule has 0 saturated heterocycles. The largest absolute Gasteiger partial charge is 0.494 e. The highest BCUT2D eigenvalue weighted by molar-refractivity contribution is 5.80. The first-order valence-electron chi connectivity index (χ1n) is 9.32. The summed E-state index contributed by atoms with van der Waals surface area (Å²) < 4.78 is 10.5. The van der Waals surface area contributed by atoms with Crippen LogP contribution in [0.15, 0.2) is 24.3 Å². The molecule has 5 heteroatoms. The normalized spacial score (nSPS) is 16.1. The number of ether oxygens (including phenoxy) is 2. The van der Waals surface area contributed by atoms with Gasteiger partial charge in [-0.05, 0) is 44.4 Å². The second-order valence-electron chi connectivity index (χ2n) is 6.41. The van der Waals surface area contributed by atoms with E-state index in [2.05, 4.69) is 5.32 Å². The van der Waals surface area contributed by atoms with Gasteiger partial charge in [0, 0.05) is 5.92 Å². The highest BCUT2D eigenvalue weighted by atomic mass is 16.5. The van der Waals surface area contributed by atoms with Crippen LogP contribution in [0.2, 0.25) is 0 Å². The molecule has 25 heavy (non-hydrogen) atoms. The fourth-order valence-corrected chi connectivity index (χ4v) is 3.26. The van der Waals surface area contributed by atoms with E-state index in [-0.39, 0.29) is 30.3 Å². The van der Waals surface area contributed by atoms with E-state index in [1.165, 1.54) is 6.42 Å². The van der Waals surface area contributed by atoms with Crippen molar-refractivity contribution in [3.63, 3.8) is 0 Å². The summed E-state index contributed by atoms with van der Waals surface area (Å²) in [6, 6.07) is 7.16. The Morgan fingerprint density at radius 2 is 1.76 bits per heavy atom. The van der Waals surface area contributed by atoms with Gasteiger partial charge in [-0.3, -0.25) is 9.59 Å². The Hall–Kier alpha value is -2.04. The predicted molar refractivity (Wildman–Crippen MR) is 96.3 cm³/mol. The lowest BCUT2D eigenvalue weighted by Gasteiger charge is -2.25. The zero-order valence-corrected chi connectivity index (χ0v) is 15.3. The standard InChI is InChI=1S/C20H29NO4/c1-3-24-17-12-10-15(11-13-17)18(14-19(22)25-4-2)21-20(23)16-8-6-5-7-9-16/h10-13,16,18H,3-9,14H2,1-2H3,(H,21,23)/t18-/m0/s1. The fraction of sp³-hybridized carbons (Fsp3) is 0.600. The van der Waals surface area contributed by atoms with Gasteiger partial charge < -0.3 is 14.8 Å². The molecule has 0 radical (unpaired) electrons. The van der Waals surface area contributed by atoms with Crippen molar-refractivity contribution < 1.29 is 19.1 Å². The zero-order chi connectivity index (χ0) is 18.1. The van der Waals surface area contributed by atoms with E-state index in [1.54, 1.807) is 6.92 Å². The highest BCUT2D eigenvalue weighted by Gasteiger charge is 2.25. The Bertz CT molecular complexity index is 549. The van der Waals surface area contributed by atoms with Gasteiger partial charge in [0.05, 0.1) is 25.7 Å². The average Bonchev–Trinajstić information content (AvgIpc) is 2.63. The van der Waals surface area contributed by atoms with Crippen molar-refractivity contribution in [2.24, 2.45) is 5.92 Å². The number of carbonyl (C=O) groups excluding carboxylic acids is 2. The van der Waals surface area contributed by atoms with E-state index >= 15 is 0 Å². The van der Waals surface area contributed by atoms with Crippen LogP contribution in [0, 0.1) is 5.92 Å². The van der Waals surface area contributed by atoms with Gasteiger partial charge in [-0.15, -0.1) is 0 Å². The summed E-state index contributed by atoms with van der Waals surface area (Å²) in [4.78, 5) is 24.6. The molecule has 1 aliphatic rings. The van der Waals surface area contributed by atoms with Gasteiger partial charge in [-0.2, -0.15) is 0 Å². The lowest BCUT2D eigenvalue weighted by Crippen LogP contribution is -2.36. The van der Waals surface area contributed by atoms with Gasteiger partial charge in [0.15, 0.2) is 0 Å². The van der Waals surface area contributed by atoms with E-state index in [1.807, 2.05) is 31.2 Å². The molecule has 0 spiro atoms. The maximum absolute atomic E-state index is 12.6. The minimum atomic E-state index is -0.371. The number of rotatable bonds is 8. The second kappa shape index (κ2) is 10.1. The fourth-order valence-electron chi connectivity index (χ4n) is 3.26. The minimum absolute atomic E-state index is 0.0443. The Labute approximate surface area is 150 Å². The molecule has 5 nitrogen and oxygen atoms in total. The van der Waals surface area contributed by atoms with Crippen LogP contribution < -0.4 is 10.1 Å². The third-order valence-electron chi connectivity index (χ3n) is 4.56. The Kier molecular flexibility index (Phi) is 7.76. The van der Waals surface area contributed by atoms with Crippen molar-refractivity contribution in [2.45, 2.75) is 58.4 Å². The van der Waals surface area contributed by atoms with Gasteiger partial charge in [0.25, 0.3) is 0 Å². The van der Waals surface area contributed by atoms with Crippen LogP contribution in [0.3, 0.4) is 0 Å². The Balaban J connectivity index is 2.08. The number of carbonyl (C=O) groups is 2. The molecule has 0 bridgehead atoms. The number of esters is 1. The van der Waals surface area contributed by atoms with E-state index in [9.17, 15) is 9.59 Å². The van der Waals surface area contributed by atoms with Crippen molar-refractivity contribution >= 4 is 11.9 Å². The SMILES string of the molecule is CCOC(=O)C[C@H](NC(=O)C1CCCCC1)c1ccc(OCC)cc1. The monoisotopic (exact) mass is 347 g/mol. The molecule has 1 fully saturated rings. The first kappa shape index (κ1) is 19.3. The lowest BCUT2D eigenvalue weighted by atomic mass is 9.88. The topological polar surface area (TPSA) is 64.6 Å². The van der Waals surface area contributed by atoms with E-state index in [0.29, 0.717) is 13.2 Å². The maximum atomic E-state index is 12.6. The molecule has 1 aromatic rings. The molecule has 1 N–H and O–H groups in total. The van der Waals surface area contributed by atoms with E-state index < -0.39 is 0 Å². The number of nitrogens with one attached hydrogen (secondary N) is 1. The summed E-state index contributed by atoms with van der Waals surface area (Å²) in [7, 11) is 0. The summed E-state index contributed by atoms with van der Waals surface area (Å²) in [5.74, 6) is 0.578. The summed E-state index contributed by atoms with van der Waals surface area (Å²) in [5.41, 5.74) is 0.890. The van der Waals surface area contributed by atoms with Crippen LogP contribution in [0.1, 0.15) is 64.0 Å². The molecule has 1 saturated carbocycles. The molecule has 1 aliphatic carbocycles. The number of hydrogen-bond acceptors (Lipinski definition) is 4. The molecule has 1 amide bonds. The van der Waals surface area contributed by atoms with Crippen molar-refractivity contribution in [1.29, 1.82) is 0 Å². The van der Waals surface area contributed by atoms with Gasteiger partial charge in [-0.25, -0.2) is 0 Å². The van der Waals surface area contributed by atoms with Gasteiger partial charge in [-0.1, -0.05) is 31.4 Å². The second-order valence-corrected chi connectivity index (χ2v) is 6.41. The molecule has 138 valence electrons. The molecule has 0 heterocycles. The van der Waals surface area contributed by atoms with Crippen LogP contribution in [0.25, 0.3) is 0 Å². The summed E-state index contributed by atoms with van der Waals surface area (Å²) in [5, 5.41) is 3.06. The first-order valence-corrected chi connectivity index (χ1v) is 9.32. The van der Waals surface area contributed by atoms with Crippen LogP contribution in [0.5, 0.6) is 5.75 Å². The molecule has 1 aromatic carbocycles. The lowest BCUT2D eigenvalue weighted by molar-refractivity contribution is -0.144. The van der Waals surface area contributed by atoms with Crippen molar-refractivity contribution in [3.8, 4) is 5.75 Å². The van der Waals surface area contributed by atoms with Crippen LogP contribution in [-0.2, 0) is 14.3 Å². The van der Waals surface area contributed by atoms with E-state index in [0.717, 1.165) is 37.0 Å². The third kappa shape index (κ3) is 6.07. The summed E-state index contributed by atoms with van der Waals surface area (Å²) in [6.45, 7) is 4.65. The molecule has 1 atom stereocenters. The molecule has 0 aromatic heterocycles. The first-order chi connectivity index (χ1) is 12.1. The zero-order valence-electron chi connectivity index (χ0n) is 15.3. The molecule has 0 aliphatic heterocycles.